The summed E-state index contributed by atoms with van der Waals surface area (Å²) in [6, 6.07) is 5.38. The first-order valence-corrected chi connectivity index (χ1v) is 9.93. The van der Waals surface area contributed by atoms with Crippen molar-refractivity contribution in [1.82, 2.24) is 24.8 Å². The number of hydrogen-bond donors (Lipinski definition) is 2. The molecule has 0 aliphatic carbocycles. The topological polar surface area (TPSA) is 110 Å². The van der Waals surface area contributed by atoms with E-state index in [1.54, 1.807) is 23.6 Å². The average molecular weight is 445 g/mol. The lowest BCUT2D eigenvalue weighted by Crippen LogP contribution is -2.46. The number of hydrogen-bond acceptors (Lipinski definition) is 5. The summed E-state index contributed by atoms with van der Waals surface area (Å²) in [6.07, 6.45) is -1.61. The van der Waals surface area contributed by atoms with Crippen LogP contribution in [-0.4, -0.2) is 69.4 Å². The van der Waals surface area contributed by atoms with Crippen LogP contribution in [-0.2, 0) is 11.3 Å². The number of aromatic nitrogens is 3. The van der Waals surface area contributed by atoms with Gasteiger partial charge >= 0.3 is 6.09 Å². The Hall–Kier alpha value is -3.60. The molecule has 0 saturated carbocycles. The molecule has 1 fully saturated rings. The first kappa shape index (κ1) is 21.6. The molecule has 3 aromatic rings. The van der Waals surface area contributed by atoms with Gasteiger partial charge in [-0.3, -0.25) is 4.79 Å². The second-order valence-corrected chi connectivity index (χ2v) is 7.46. The molecule has 32 heavy (non-hydrogen) atoms. The number of carbonyl (C=O) groups excluding carboxylic acids is 1. The molecule has 11 heteroatoms. The van der Waals surface area contributed by atoms with Crippen molar-refractivity contribution in [2.45, 2.75) is 19.6 Å². The zero-order chi connectivity index (χ0) is 23.0. The van der Waals surface area contributed by atoms with E-state index in [0.29, 0.717) is 16.9 Å². The molecular formula is C21H21F2N5O4. The number of pyridine rings is 1. The van der Waals surface area contributed by atoms with E-state index in [1.807, 2.05) is 0 Å². The number of amides is 2. The minimum Gasteiger partial charge on any atom is -0.465 e. The van der Waals surface area contributed by atoms with Gasteiger partial charge in [0.25, 0.3) is 5.91 Å². The molecule has 0 spiro atoms. The lowest BCUT2D eigenvalue weighted by Gasteiger charge is -2.31. The van der Waals surface area contributed by atoms with E-state index >= 15 is 8.78 Å². The van der Waals surface area contributed by atoms with Crippen LogP contribution >= 0.6 is 0 Å². The molecule has 1 atom stereocenters. The standard InChI is InChI=1S/C21H21F2N5O4/c1-11-3-4-16-18(25-11)26-19(17-14(22)7-12(8-15(17)23)20(29)24-2)28(16)10-13-9-27(21(30)31)5-6-32-13/h3-4,7-8,13H,5-6,9-10H2,1-2H3,(H,24,29)(H,30,31). The van der Waals surface area contributed by atoms with Crippen LogP contribution < -0.4 is 5.32 Å². The molecule has 3 heterocycles. The number of aryl methyl sites for hydroxylation is 1. The van der Waals surface area contributed by atoms with Crippen molar-refractivity contribution in [3.05, 3.63) is 47.2 Å². The number of benzene rings is 1. The molecule has 1 aliphatic heterocycles. The molecule has 2 N–H and O–H groups in total. The van der Waals surface area contributed by atoms with Gasteiger partial charge in [-0.05, 0) is 31.2 Å². The maximum atomic E-state index is 15.0. The Bertz CT molecular complexity index is 1190. The van der Waals surface area contributed by atoms with E-state index in [4.69, 9.17) is 4.74 Å². The minimum atomic E-state index is -1.06. The number of halogens is 2. The van der Waals surface area contributed by atoms with Gasteiger partial charge in [0.1, 0.15) is 17.5 Å². The van der Waals surface area contributed by atoms with Gasteiger partial charge in [-0.2, -0.15) is 0 Å². The van der Waals surface area contributed by atoms with E-state index in [2.05, 4.69) is 15.3 Å². The van der Waals surface area contributed by atoms with Gasteiger partial charge in [0.2, 0.25) is 0 Å². The molecule has 0 radical (unpaired) electrons. The van der Waals surface area contributed by atoms with E-state index in [9.17, 15) is 14.7 Å². The van der Waals surface area contributed by atoms with E-state index in [1.165, 1.54) is 11.9 Å². The lowest BCUT2D eigenvalue weighted by molar-refractivity contribution is -0.0286. The Morgan fingerprint density at radius 2 is 1.97 bits per heavy atom. The largest absolute Gasteiger partial charge is 0.465 e. The van der Waals surface area contributed by atoms with Crippen molar-refractivity contribution in [2.24, 2.45) is 0 Å². The fourth-order valence-corrected chi connectivity index (χ4v) is 3.75. The van der Waals surface area contributed by atoms with Crippen molar-refractivity contribution in [3.63, 3.8) is 0 Å². The van der Waals surface area contributed by atoms with Gasteiger partial charge in [0.15, 0.2) is 5.65 Å². The van der Waals surface area contributed by atoms with Crippen molar-refractivity contribution in [3.8, 4) is 11.4 Å². The number of nitrogens with zero attached hydrogens (tertiary/aromatic N) is 4. The number of nitrogens with one attached hydrogen (secondary N) is 1. The highest BCUT2D eigenvalue weighted by Crippen LogP contribution is 2.30. The average Bonchev–Trinajstić information content (AvgIpc) is 3.09. The molecule has 1 aliphatic rings. The molecule has 0 bridgehead atoms. The van der Waals surface area contributed by atoms with Crippen molar-refractivity contribution in [2.75, 3.05) is 26.7 Å². The summed E-state index contributed by atoms with van der Waals surface area (Å²) >= 11 is 0. The zero-order valence-electron chi connectivity index (χ0n) is 17.4. The highest BCUT2D eigenvalue weighted by Gasteiger charge is 2.28. The van der Waals surface area contributed by atoms with Gasteiger partial charge < -0.3 is 24.6 Å². The van der Waals surface area contributed by atoms with Crippen LogP contribution in [0.5, 0.6) is 0 Å². The quantitative estimate of drug-likeness (QED) is 0.638. The fraction of sp³-hybridized carbons (Fsp3) is 0.333. The molecule has 168 valence electrons. The smallest absolute Gasteiger partial charge is 0.407 e. The Morgan fingerprint density at radius 3 is 2.62 bits per heavy atom. The summed E-state index contributed by atoms with van der Waals surface area (Å²) in [4.78, 5) is 33.1. The summed E-state index contributed by atoms with van der Waals surface area (Å²) in [5, 5.41) is 11.6. The van der Waals surface area contributed by atoms with Gasteiger partial charge in [-0.1, -0.05) is 0 Å². The Balaban J connectivity index is 1.82. The van der Waals surface area contributed by atoms with E-state index in [0.717, 1.165) is 12.1 Å². The van der Waals surface area contributed by atoms with Crippen molar-refractivity contribution in [1.29, 1.82) is 0 Å². The van der Waals surface area contributed by atoms with Crippen LogP contribution in [0.1, 0.15) is 16.1 Å². The number of carbonyl (C=O) groups is 2. The molecule has 1 aromatic carbocycles. The lowest BCUT2D eigenvalue weighted by atomic mass is 10.1. The number of carboxylic acid groups (broad SMARTS) is 1. The van der Waals surface area contributed by atoms with Crippen LogP contribution in [0.15, 0.2) is 24.3 Å². The number of ether oxygens (including phenoxy) is 1. The normalized spacial score (nSPS) is 16.4. The maximum absolute atomic E-state index is 15.0. The van der Waals surface area contributed by atoms with Crippen LogP contribution in [0.4, 0.5) is 13.6 Å². The number of fused-ring (bicyclic) bond motifs is 1. The third-order valence-corrected chi connectivity index (χ3v) is 5.30. The number of rotatable bonds is 4. The first-order valence-electron chi connectivity index (χ1n) is 9.93. The van der Waals surface area contributed by atoms with Gasteiger partial charge in [-0.25, -0.2) is 23.5 Å². The molecule has 9 nitrogen and oxygen atoms in total. The van der Waals surface area contributed by atoms with Gasteiger partial charge in [0, 0.05) is 24.8 Å². The molecule has 1 unspecified atom stereocenters. The van der Waals surface area contributed by atoms with Crippen LogP contribution in [0, 0.1) is 18.6 Å². The summed E-state index contributed by atoms with van der Waals surface area (Å²) in [6.45, 7) is 2.44. The predicted molar refractivity (Wildman–Crippen MR) is 110 cm³/mol. The van der Waals surface area contributed by atoms with E-state index < -0.39 is 35.3 Å². The highest BCUT2D eigenvalue weighted by molar-refractivity contribution is 5.94. The SMILES string of the molecule is CNC(=O)c1cc(F)c(-c2nc3nc(C)ccc3n2CC2CN(C(=O)O)CCO2)c(F)c1. The van der Waals surface area contributed by atoms with Crippen molar-refractivity contribution >= 4 is 23.2 Å². The third-order valence-electron chi connectivity index (χ3n) is 5.30. The summed E-state index contributed by atoms with van der Waals surface area (Å²) in [5.74, 6) is -2.54. The highest BCUT2D eigenvalue weighted by atomic mass is 19.1. The Morgan fingerprint density at radius 1 is 1.25 bits per heavy atom. The molecule has 4 rings (SSSR count). The van der Waals surface area contributed by atoms with Gasteiger partial charge in [-0.15, -0.1) is 0 Å². The second kappa shape index (κ2) is 8.50. The Labute approximate surface area is 181 Å². The van der Waals surface area contributed by atoms with Gasteiger partial charge in [0.05, 0.1) is 36.9 Å². The summed E-state index contributed by atoms with van der Waals surface area (Å²) in [7, 11) is 1.37. The summed E-state index contributed by atoms with van der Waals surface area (Å²) < 4.78 is 37.3. The van der Waals surface area contributed by atoms with Crippen LogP contribution in [0.25, 0.3) is 22.6 Å². The zero-order valence-corrected chi connectivity index (χ0v) is 17.4. The summed E-state index contributed by atoms with van der Waals surface area (Å²) in [5.41, 5.74) is 0.932. The number of imidazole rings is 1. The maximum Gasteiger partial charge on any atom is 0.407 e. The molecule has 2 aromatic heterocycles. The second-order valence-electron chi connectivity index (χ2n) is 7.46. The van der Waals surface area contributed by atoms with Crippen LogP contribution in [0.2, 0.25) is 0 Å². The van der Waals surface area contributed by atoms with E-state index in [-0.39, 0.29) is 37.6 Å². The predicted octanol–water partition coefficient (Wildman–Crippen LogP) is 2.42. The third kappa shape index (κ3) is 3.98. The molecule has 2 amide bonds. The van der Waals surface area contributed by atoms with Crippen molar-refractivity contribution < 1.29 is 28.2 Å². The van der Waals surface area contributed by atoms with Crippen LogP contribution in [0.3, 0.4) is 0 Å². The number of morpholine rings is 1. The minimum absolute atomic E-state index is 0.0207. The molecule has 1 saturated heterocycles. The fourth-order valence-electron chi connectivity index (χ4n) is 3.75. The molecular weight excluding hydrogens is 424 g/mol. The first-order chi connectivity index (χ1) is 15.3. The Kier molecular flexibility index (Phi) is 5.74. The monoisotopic (exact) mass is 445 g/mol.